The number of hydrazone groups is 1. The molecule has 1 aromatic carbocycles. The van der Waals surface area contributed by atoms with Gasteiger partial charge in [0.2, 0.25) is 0 Å². The second-order valence-electron chi connectivity index (χ2n) is 3.85. The summed E-state index contributed by atoms with van der Waals surface area (Å²) in [5, 5.41) is 4.03. The summed E-state index contributed by atoms with van der Waals surface area (Å²) < 4.78 is 10.1. The van der Waals surface area contributed by atoms with E-state index in [0.717, 1.165) is 11.3 Å². The molecule has 0 aliphatic rings. The molecule has 5 heteroatoms. The Bertz CT molecular complexity index is 588. The van der Waals surface area contributed by atoms with Gasteiger partial charge in [0.1, 0.15) is 5.75 Å². The Morgan fingerprint density at radius 3 is 2.84 bits per heavy atom. The molecule has 0 saturated heterocycles. The fraction of sp³-hybridized carbons (Fsp3) is 0.143. The van der Waals surface area contributed by atoms with Crippen molar-refractivity contribution in [2.75, 3.05) is 7.11 Å². The number of amides is 1. The minimum Gasteiger partial charge on any atom is -0.497 e. The first-order valence-electron chi connectivity index (χ1n) is 5.73. The van der Waals surface area contributed by atoms with Crippen LogP contribution in [0, 0.1) is 0 Å². The fourth-order valence-corrected chi connectivity index (χ4v) is 1.51. The molecule has 5 nitrogen and oxygen atoms in total. The van der Waals surface area contributed by atoms with Gasteiger partial charge in [-0.25, -0.2) is 5.43 Å². The van der Waals surface area contributed by atoms with E-state index >= 15 is 0 Å². The van der Waals surface area contributed by atoms with Crippen molar-refractivity contribution in [2.45, 2.75) is 6.92 Å². The number of rotatable bonds is 4. The first-order chi connectivity index (χ1) is 9.20. The van der Waals surface area contributed by atoms with E-state index in [2.05, 4.69) is 10.5 Å². The summed E-state index contributed by atoms with van der Waals surface area (Å²) >= 11 is 0. The van der Waals surface area contributed by atoms with Crippen LogP contribution in [0.4, 0.5) is 0 Å². The third-order valence-electron chi connectivity index (χ3n) is 2.56. The fourth-order valence-electron chi connectivity index (χ4n) is 1.51. The largest absolute Gasteiger partial charge is 0.497 e. The highest BCUT2D eigenvalue weighted by molar-refractivity contribution is 6.00. The number of methoxy groups -OCH3 is 1. The standard InChI is InChI=1S/C14H14N2O3/c1-10(11-5-3-6-12(9-11)18-2)15-16-14(17)13-7-4-8-19-13/h3-9H,1-2H3,(H,16,17). The lowest BCUT2D eigenvalue weighted by Gasteiger charge is -2.04. The zero-order chi connectivity index (χ0) is 13.7. The van der Waals surface area contributed by atoms with Gasteiger partial charge in [-0.1, -0.05) is 12.1 Å². The Morgan fingerprint density at radius 1 is 1.32 bits per heavy atom. The Labute approximate surface area is 110 Å². The number of ether oxygens (including phenoxy) is 1. The summed E-state index contributed by atoms with van der Waals surface area (Å²) in [7, 11) is 1.60. The van der Waals surface area contributed by atoms with Crippen molar-refractivity contribution in [2.24, 2.45) is 5.10 Å². The van der Waals surface area contributed by atoms with Gasteiger partial charge in [-0.2, -0.15) is 5.10 Å². The molecular formula is C14H14N2O3. The average Bonchev–Trinajstić information content (AvgIpc) is 2.98. The molecule has 0 bridgehead atoms. The molecule has 2 rings (SSSR count). The van der Waals surface area contributed by atoms with Crippen LogP contribution in [-0.4, -0.2) is 18.7 Å². The SMILES string of the molecule is COc1cccc(C(C)=NNC(=O)c2ccco2)c1. The number of carbonyl (C=O) groups is 1. The van der Waals surface area contributed by atoms with E-state index in [4.69, 9.17) is 9.15 Å². The van der Waals surface area contributed by atoms with Gasteiger partial charge >= 0.3 is 5.91 Å². The van der Waals surface area contributed by atoms with Crippen LogP contribution in [0.1, 0.15) is 23.0 Å². The second kappa shape index (κ2) is 5.86. The van der Waals surface area contributed by atoms with E-state index in [0.29, 0.717) is 5.71 Å². The van der Waals surface area contributed by atoms with Crippen molar-refractivity contribution in [1.29, 1.82) is 0 Å². The Kier molecular flexibility index (Phi) is 3.97. The summed E-state index contributed by atoms with van der Waals surface area (Å²) in [4.78, 5) is 11.6. The zero-order valence-corrected chi connectivity index (χ0v) is 10.7. The molecule has 1 amide bonds. The van der Waals surface area contributed by atoms with E-state index < -0.39 is 0 Å². The molecule has 98 valence electrons. The molecule has 1 heterocycles. The Balaban J connectivity index is 2.08. The number of furan rings is 1. The maximum absolute atomic E-state index is 11.6. The first kappa shape index (κ1) is 12.9. The predicted molar refractivity (Wildman–Crippen MR) is 71.4 cm³/mol. The van der Waals surface area contributed by atoms with Gasteiger partial charge in [0, 0.05) is 5.56 Å². The first-order valence-corrected chi connectivity index (χ1v) is 5.73. The van der Waals surface area contributed by atoms with Gasteiger partial charge in [0.05, 0.1) is 19.1 Å². The number of hydrogen-bond acceptors (Lipinski definition) is 4. The van der Waals surface area contributed by atoms with Crippen molar-refractivity contribution in [3.05, 3.63) is 54.0 Å². The van der Waals surface area contributed by atoms with Crippen LogP contribution in [0.15, 0.2) is 52.2 Å². The van der Waals surface area contributed by atoms with Gasteiger partial charge in [0.15, 0.2) is 5.76 Å². The van der Waals surface area contributed by atoms with Gasteiger partial charge in [0.25, 0.3) is 0 Å². The van der Waals surface area contributed by atoms with Gasteiger partial charge in [-0.15, -0.1) is 0 Å². The number of nitrogens with zero attached hydrogens (tertiary/aromatic N) is 1. The normalized spacial score (nSPS) is 11.2. The Morgan fingerprint density at radius 2 is 2.16 bits per heavy atom. The van der Waals surface area contributed by atoms with Crippen molar-refractivity contribution >= 4 is 11.6 Å². The van der Waals surface area contributed by atoms with E-state index in [1.54, 1.807) is 26.2 Å². The van der Waals surface area contributed by atoms with Crippen LogP contribution >= 0.6 is 0 Å². The van der Waals surface area contributed by atoms with Gasteiger partial charge in [-0.05, 0) is 31.2 Å². The molecule has 1 N–H and O–H groups in total. The molecule has 0 aliphatic carbocycles. The molecule has 0 fully saturated rings. The highest BCUT2D eigenvalue weighted by Crippen LogP contribution is 2.13. The van der Waals surface area contributed by atoms with E-state index in [1.807, 2.05) is 24.3 Å². The molecule has 1 aromatic heterocycles. The van der Waals surface area contributed by atoms with Crippen molar-refractivity contribution in [1.82, 2.24) is 5.43 Å². The van der Waals surface area contributed by atoms with Gasteiger partial charge in [-0.3, -0.25) is 4.79 Å². The van der Waals surface area contributed by atoms with Crippen LogP contribution in [0.3, 0.4) is 0 Å². The molecule has 0 atom stereocenters. The van der Waals surface area contributed by atoms with E-state index in [9.17, 15) is 4.79 Å². The molecule has 0 unspecified atom stereocenters. The lowest BCUT2D eigenvalue weighted by molar-refractivity contribution is 0.0927. The van der Waals surface area contributed by atoms with Crippen molar-refractivity contribution in [3.8, 4) is 5.75 Å². The smallest absolute Gasteiger partial charge is 0.307 e. The molecule has 0 saturated carbocycles. The molecular weight excluding hydrogens is 244 g/mol. The summed E-state index contributed by atoms with van der Waals surface area (Å²) in [6.07, 6.45) is 1.44. The van der Waals surface area contributed by atoms with Crippen LogP contribution < -0.4 is 10.2 Å². The molecule has 0 spiro atoms. The minimum atomic E-state index is -0.382. The molecule has 0 radical (unpaired) electrons. The molecule has 0 aliphatic heterocycles. The monoisotopic (exact) mass is 258 g/mol. The quantitative estimate of drug-likeness (QED) is 0.676. The number of carbonyl (C=O) groups excluding carboxylic acids is 1. The Hall–Kier alpha value is -2.56. The summed E-state index contributed by atoms with van der Waals surface area (Å²) in [6, 6.07) is 10.7. The third kappa shape index (κ3) is 3.22. The minimum absolute atomic E-state index is 0.224. The summed E-state index contributed by atoms with van der Waals surface area (Å²) in [6.45, 7) is 1.80. The maximum Gasteiger partial charge on any atom is 0.307 e. The van der Waals surface area contributed by atoms with Crippen molar-refractivity contribution in [3.63, 3.8) is 0 Å². The summed E-state index contributed by atoms with van der Waals surface area (Å²) in [5.41, 5.74) is 3.99. The third-order valence-corrected chi connectivity index (χ3v) is 2.56. The van der Waals surface area contributed by atoms with E-state index in [-0.39, 0.29) is 11.7 Å². The molecule has 19 heavy (non-hydrogen) atoms. The molecule has 2 aromatic rings. The van der Waals surface area contributed by atoms with Crippen molar-refractivity contribution < 1.29 is 13.9 Å². The zero-order valence-electron chi connectivity index (χ0n) is 10.7. The topological polar surface area (TPSA) is 63.8 Å². The summed E-state index contributed by atoms with van der Waals surface area (Å²) in [5.74, 6) is 0.582. The second-order valence-corrected chi connectivity index (χ2v) is 3.85. The van der Waals surface area contributed by atoms with Crippen LogP contribution in [-0.2, 0) is 0 Å². The highest BCUT2D eigenvalue weighted by atomic mass is 16.5. The lowest BCUT2D eigenvalue weighted by atomic mass is 10.1. The number of nitrogens with one attached hydrogen (secondary N) is 1. The lowest BCUT2D eigenvalue weighted by Crippen LogP contribution is -2.18. The number of hydrogen-bond donors (Lipinski definition) is 1. The predicted octanol–water partition coefficient (Wildman–Crippen LogP) is 2.44. The number of benzene rings is 1. The maximum atomic E-state index is 11.6. The van der Waals surface area contributed by atoms with Crippen LogP contribution in [0.25, 0.3) is 0 Å². The highest BCUT2D eigenvalue weighted by Gasteiger charge is 2.07. The van der Waals surface area contributed by atoms with E-state index in [1.165, 1.54) is 6.26 Å². The van der Waals surface area contributed by atoms with Crippen LogP contribution in [0.2, 0.25) is 0 Å². The van der Waals surface area contributed by atoms with Gasteiger partial charge < -0.3 is 9.15 Å². The average molecular weight is 258 g/mol. The van der Waals surface area contributed by atoms with Crippen LogP contribution in [0.5, 0.6) is 5.75 Å².